The zero-order chi connectivity index (χ0) is 21.2. The molecule has 10 heteroatoms. The first-order valence-corrected chi connectivity index (χ1v) is 10.5. The number of piperidine rings is 1. The van der Waals surface area contributed by atoms with Crippen molar-refractivity contribution in [1.82, 2.24) is 15.4 Å². The Morgan fingerprint density at radius 2 is 2.23 bits per heavy atom. The second-order valence-corrected chi connectivity index (χ2v) is 7.98. The van der Waals surface area contributed by atoms with Gasteiger partial charge in [-0.3, -0.25) is 5.48 Å². The van der Waals surface area contributed by atoms with Crippen LogP contribution in [0, 0.1) is 17.2 Å². The summed E-state index contributed by atoms with van der Waals surface area (Å²) in [4.78, 5) is 28.3. The van der Waals surface area contributed by atoms with Crippen LogP contribution in [0.4, 0.5) is 4.79 Å². The van der Waals surface area contributed by atoms with Crippen LogP contribution in [-0.2, 0) is 14.3 Å². The number of rotatable bonds is 4. The maximum absolute atomic E-state index is 12.3. The molecule has 31 heavy (non-hydrogen) atoms. The number of carbonyl (C=O) groups is 1. The molecule has 3 aliphatic rings. The van der Waals surface area contributed by atoms with E-state index in [4.69, 9.17) is 18.7 Å². The van der Waals surface area contributed by atoms with E-state index >= 15 is 0 Å². The average molecular weight is 425 g/mol. The second-order valence-electron chi connectivity index (χ2n) is 7.98. The highest BCUT2D eigenvalue weighted by Crippen LogP contribution is 2.31. The number of amidine groups is 1. The molecule has 10 nitrogen and oxygen atoms in total. The Morgan fingerprint density at radius 1 is 1.35 bits per heavy atom. The summed E-state index contributed by atoms with van der Waals surface area (Å²) in [6.07, 6.45) is 3.85. The van der Waals surface area contributed by atoms with E-state index in [0.717, 1.165) is 31.5 Å². The van der Waals surface area contributed by atoms with Gasteiger partial charge in [0.1, 0.15) is 23.6 Å². The van der Waals surface area contributed by atoms with Crippen LogP contribution in [0.15, 0.2) is 27.7 Å². The number of carbonyl (C=O) groups excluding carboxylic acids is 1. The molecule has 162 valence electrons. The topological polar surface area (TPSA) is 122 Å². The predicted octanol–water partition coefficient (Wildman–Crippen LogP) is 2.66. The number of nitrogens with one attached hydrogen (secondary N) is 1. The minimum Gasteiger partial charge on any atom is -0.456 e. The van der Waals surface area contributed by atoms with Gasteiger partial charge in [0.05, 0.1) is 18.6 Å². The first-order valence-electron chi connectivity index (χ1n) is 10.5. The fourth-order valence-electron chi connectivity index (χ4n) is 4.14. The third-order valence-corrected chi connectivity index (χ3v) is 5.89. The van der Waals surface area contributed by atoms with Crippen LogP contribution >= 0.6 is 0 Å². The monoisotopic (exact) mass is 425 g/mol. The van der Waals surface area contributed by atoms with E-state index in [9.17, 15) is 10.1 Å². The van der Waals surface area contributed by atoms with Crippen molar-refractivity contribution >= 4 is 22.9 Å². The van der Waals surface area contributed by atoms with E-state index in [0.29, 0.717) is 54.6 Å². The van der Waals surface area contributed by atoms with Gasteiger partial charge in [-0.25, -0.2) is 19.6 Å². The van der Waals surface area contributed by atoms with Crippen molar-refractivity contribution in [3.63, 3.8) is 0 Å². The van der Waals surface area contributed by atoms with Gasteiger partial charge in [0, 0.05) is 32.1 Å². The van der Waals surface area contributed by atoms with Crippen LogP contribution in [0.25, 0.3) is 11.0 Å². The number of hydroxylamine groups is 1. The molecule has 0 aliphatic carbocycles. The maximum atomic E-state index is 12.3. The second kappa shape index (κ2) is 8.53. The summed E-state index contributed by atoms with van der Waals surface area (Å²) in [5, 5.41) is 9.84. The Kier molecular flexibility index (Phi) is 5.44. The van der Waals surface area contributed by atoms with Crippen LogP contribution in [0.1, 0.15) is 43.4 Å². The number of hydrogen-bond donors (Lipinski definition) is 1. The Hall–Kier alpha value is -3.16. The minimum absolute atomic E-state index is 0.116. The quantitative estimate of drug-likeness (QED) is 0.793. The molecule has 0 radical (unpaired) electrons. The van der Waals surface area contributed by atoms with E-state index in [1.54, 1.807) is 23.2 Å². The van der Waals surface area contributed by atoms with Crippen molar-refractivity contribution in [3.8, 4) is 6.07 Å². The third-order valence-electron chi connectivity index (χ3n) is 5.89. The lowest BCUT2D eigenvalue weighted by Crippen LogP contribution is -2.41. The smallest absolute Gasteiger partial charge is 0.410 e. The van der Waals surface area contributed by atoms with E-state index in [1.807, 2.05) is 0 Å². The number of hydrogen-bond acceptors (Lipinski definition) is 9. The fourth-order valence-corrected chi connectivity index (χ4v) is 4.14. The van der Waals surface area contributed by atoms with Crippen LogP contribution < -0.4 is 5.48 Å². The molecular formula is C21H23N5O5. The Labute approximate surface area is 178 Å². The van der Waals surface area contributed by atoms with Gasteiger partial charge in [-0.05, 0) is 30.9 Å². The fraction of sp³-hybridized carbons (Fsp3) is 0.524. The molecule has 0 bridgehead atoms. The number of amides is 1. The van der Waals surface area contributed by atoms with E-state index < -0.39 is 6.23 Å². The summed E-state index contributed by atoms with van der Waals surface area (Å²) < 4.78 is 16.5. The van der Waals surface area contributed by atoms with Gasteiger partial charge in [-0.2, -0.15) is 5.26 Å². The van der Waals surface area contributed by atoms with Gasteiger partial charge in [0.15, 0.2) is 11.5 Å². The summed E-state index contributed by atoms with van der Waals surface area (Å²) in [6.45, 7) is 2.49. The largest absolute Gasteiger partial charge is 0.456 e. The SMILES string of the molecule is N#Cc1nccc2oc(C3N=C(CC4CCN(C(=O)O[C@H]5CCOC5)CC4)NO3)cc12. The minimum atomic E-state index is -0.599. The Bertz CT molecular complexity index is 1030. The molecule has 0 saturated carbocycles. The molecule has 3 aliphatic heterocycles. The average Bonchev–Trinajstić information content (AvgIpc) is 3.54. The molecule has 2 aromatic heterocycles. The van der Waals surface area contributed by atoms with Crippen LogP contribution in [0.5, 0.6) is 0 Å². The highest BCUT2D eigenvalue weighted by Gasteiger charge is 2.30. The van der Waals surface area contributed by atoms with Crippen LogP contribution in [0.2, 0.25) is 0 Å². The number of pyridine rings is 1. The normalized spacial score (nSPS) is 24.1. The van der Waals surface area contributed by atoms with E-state index in [-0.39, 0.29) is 12.2 Å². The molecule has 2 atom stereocenters. The van der Waals surface area contributed by atoms with Gasteiger partial charge in [0.25, 0.3) is 0 Å². The summed E-state index contributed by atoms with van der Waals surface area (Å²) in [5.41, 5.74) is 3.79. The highest BCUT2D eigenvalue weighted by molar-refractivity contribution is 5.84. The molecule has 1 N–H and O–H groups in total. The van der Waals surface area contributed by atoms with Crippen molar-refractivity contribution in [3.05, 3.63) is 29.8 Å². The Morgan fingerprint density at radius 3 is 3.00 bits per heavy atom. The molecule has 2 aromatic rings. The molecule has 5 rings (SSSR count). The number of likely N-dealkylation sites (tertiary alicyclic amines) is 1. The van der Waals surface area contributed by atoms with E-state index in [1.165, 1.54) is 0 Å². The lowest BCUT2D eigenvalue weighted by atomic mass is 9.93. The molecule has 2 saturated heterocycles. The molecule has 0 aromatic carbocycles. The summed E-state index contributed by atoms with van der Waals surface area (Å²) in [6, 6.07) is 5.52. The summed E-state index contributed by atoms with van der Waals surface area (Å²) in [5.74, 6) is 1.68. The van der Waals surface area contributed by atoms with E-state index in [2.05, 4.69) is 21.5 Å². The molecule has 0 spiro atoms. The predicted molar refractivity (Wildman–Crippen MR) is 108 cm³/mol. The Balaban J connectivity index is 1.15. The number of nitriles is 1. The van der Waals surface area contributed by atoms with Gasteiger partial charge in [0.2, 0.25) is 6.23 Å². The van der Waals surface area contributed by atoms with Crippen LogP contribution in [-0.4, -0.2) is 54.2 Å². The number of ether oxygens (including phenoxy) is 2. The number of furan rings is 1. The first kappa shape index (κ1) is 19.8. The molecule has 1 amide bonds. The zero-order valence-electron chi connectivity index (χ0n) is 17.0. The standard InChI is InChI=1S/C21H23N5O5/c22-11-16-15-10-18(30-17(15)1-5-23-16)20-24-19(25-31-20)9-13-2-6-26(7-3-13)21(27)29-14-4-8-28-12-14/h1,5,10,13-14,20H,2-4,6-9,12H2,(H,24,25)/t14-,20?/m0/s1. The van der Waals surface area contributed by atoms with Crippen LogP contribution in [0.3, 0.4) is 0 Å². The summed E-state index contributed by atoms with van der Waals surface area (Å²) in [7, 11) is 0. The first-order chi connectivity index (χ1) is 15.2. The molecular weight excluding hydrogens is 402 g/mol. The van der Waals surface area contributed by atoms with Gasteiger partial charge < -0.3 is 18.8 Å². The molecule has 2 fully saturated rings. The highest BCUT2D eigenvalue weighted by atomic mass is 16.7. The maximum Gasteiger partial charge on any atom is 0.410 e. The number of nitrogens with zero attached hydrogens (tertiary/aromatic N) is 4. The zero-order valence-corrected chi connectivity index (χ0v) is 17.0. The van der Waals surface area contributed by atoms with Crippen molar-refractivity contribution < 1.29 is 23.5 Å². The van der Waals surface area contributed by atoms with Crippen molar-refractivity contribution in [2.24, 2.45) is 10.9 Å². The van der Waals surface area contributed by atoms with Crippen molar-refractivity contribution in [2.45, 2.75) is 38.0 Å². The van der Waals surface area contributed by atoms with Gasteiger partial charge >= 0.3 is 6.09 Å². The van der Waals surface area contributed by atoms with Crippen molar-refractivity contribution in [1.29, 1.82) is 5.26 Å². The summed E-state index contributed by atoms with van der Waals surface area (Å²) >= 11 is 0. The van der Waals surface area contributed by atoms with Gasteiger partial charge in [-0.1, -0.05) is 0 Å². The lowest BCUT2D eigenvalue weighted by Gasteiger charge is -2.31. The number of aliphatic imine (C=N–C) groups is 1. The molecule has 5 heterocycles. The molecule has 1 unspecified atom stereocenters. The van der Waals surface area contributed by atoms with Gasteiger partial charge in [-0.15, -0.1) is 0 Å². The number of aromatic nitrogens is 1. The lowest BCUT2D eigenvalue weighted by molar-refractivity contribution is 0.0241. The number of fused-ring (bicyclic) bond motifs is 1. The van der Waals surface area contributed by atoms with Crippen molar-refractivity contribution in [2.75, 3.05) is 26.3 Å². The third kappa shape index (κ3) is 4.19.